The molecule has 1 aromatic carbocycles. The van der Waals surface area contributed by atoms with Crippen LogP contribution in [0.4, 0.5) is 0 Å². The van der Waals surface area contributed by atoms with Crippen molar-refractivity contribution in [1.29, 1.82) is 0 Å². The molecule has 0 amide bonds. The highest BCUT2D eigenvalue weighted by Gasteiger charge is 2.28. The first-order valence-electron chi connectivity index (χ1n) is 6.45. The summed E-state index contributed by atoms with van der Waals surface area (Å²) in [6, 6.07) is 6.55. The zero-order valence-electron chi connectivity index (χ0n) is 11.4. The van der Waals surface area contributed by atoms with Crippen LogP contribution < -0.4 is 5.73 Å². The van der Waals surface area contributed by atoms with Crippen LogP contribution in [0.5, 0.6) is 0 Å². The largest absolute Gasteiger partial charge is 0.376 e. The van der Waals surface area contributed by atoms with E-state index in [1.165, 1.54) is 4.31 Å². The molecule has 1 aliphatic heterocycles. The SMILES string of the molecule is CC1CN(S(=O)(=O)c2ccc(C#CCN)cc2)CCO1. The second kappa shape index (κ2) is 6.37. The summed E-state index contributed by atoms with van der Waals surface area (Å²) in [6.07, 6.45) is -0.0757. The second-order valence-electron chi connectivity index (χ2n) is 4.57. The first-order valence-corrected chi connectivity index (χ1v) is 7.89. The van der Waals surface area contributed by atoms with Crippen molar-refractivity contribution >= 4 is 10.0 Å². The Bertz CT molecular complexity index is 614. The lowest BCUT2D eigenvalue weighted by molar-refractivity contribution is 0.0102. The van der Waals surface area contributed by atoms with E-state index in [-0.39, 0.29) is 17.5 Å². The fourth-order valence-corrected chi connectivity index (χ4v) is 3.52. The van der Waals surface area contributed by atoms with E-state index in [9.17, 15) is 8.42 Å². The van der Waals surface area contributed by atoms with Gasteiger partial charge in [0, 0.05) is 18.7 Å². The molecule has 1 aromatic rings. The highest BCUT2D eigenvalue weighted by Crippen LogP contribution is 2.19. The molecule has 1 unspecified atom stereocenters. The maximum Gasteiger partial charge on any atom is 0.243 e. The Morgan fingerprint density at radius 3 is 2.70 bits per heavy atom. The molecule has 6 heteroatoms. The average Bonchev–Trinajstić information content (AvgIpc) is 2.45. The maximum atomic E-state index is 12.5. The van der Waals surface area contributed by atoms with Crippen LogP contribution in [0, 0.1) is 11.8 Å². The second-order valence-corrected chi connectivity index (χ2v) is 6.51. The van der Waals surface area contributed by atoms with Gasteiger partial charge in [0.2, 0.25) is 10.0 Å². The van der Waals surface area contributed by atoms with E-state index in [2.05, 4.69) is 11.8 Å². The molecule has 0 spiro atoms. The Morgan fingerprint density at radius 2 is 2.10 bits per heavy atom. The van der Waals surface area contributed by atoms with E-state index in [4.69, 9.17) is 10.5 Å². The number of hydrogen-bond donors (Lipinski definition) is 1. The summed E-state index contributed by atoms with van der Waals surface area (Å²) in [6.45, 7) is 3.36. The first kappa shape index (κ1) is 15.0. The molecule has 2 N–H and O–H groups in total. The molecule has 0 bridgehead atoms. The van der Waals surface area contributed by atoms with Crippen LogP contribution in [0.3, 0.4) is 0 Å². The summed E-state index contributed by atoms with van der Waals surface area (Å²) in [7, 11) is -3.45. The molecule has 1 fully saturated rings. The van der Waals surface area contributed by atoms with E-state index >= 15 is 0 Å². The molecule has 1 heterocycles. The van der Waals surface area contributed by atoms with Crippen LogP contribution >= 0.6 is 0 Å². The van der Waals surface area contributed by atoms with E-state index in [0.29, 0.717) is 19.7 Å². The lowest BCUT2D eigenvalue weighted by atomic mass is 10.2. The van der Waals surface area contributed by atoms with Crippen molar-refractivity contribution in [2.75, 3.05) is 26.2 Å². The Morgan fingerprint density at radius 1 is 1.40 bits per heavy atom. The fraction of sp³-hybridized carbons (Fsp3) is 0.429. The molecule has 0 aromatic heterocycles. The Hall–Kier alpha value is -1.39. The van der Waals surface area contributed by atoms with Crippen molar-refractivity contribution < 1.29 is 13.2 Å². The molecule has 0 radical (unpaired) electrons. The monoisotopic (exact) mass is 294 g/mol. The Labute approximate surface area is 119 Å². The van der Waals surface area contributed by atoms with Gasteiger partial charge in [-0.15, -0.1) is 0 Å². The Kier molecular flexibility index (Phi) is 4.78. The van der Waals surface area contributed by atoms with Crippen molar-refractivity contribution in [2.45, 2.75) is 17.9 Å². The standard InChI is InChI=1S/C14H18N2O3S/c1-12-11-16(9-10-19-12)20(17,18)14-6-4-13(5-7-14)3-2-8-15/h4-7,12H,8-11,15H2,1H3. The molecule has 0 saturated carbocycles. The van der Waals surface area contributed by atoms with Gasteiger partial charge < -0.3 is 10.5 Å². The van der Waals surface area contributed by atoms with Crippen molar-refractivity contribution in [1.82, 2.24) is 4.31 Å². The minimum absolute atomic E-state index is 0.0757. The van der Waals surface area contributed by atoms with Gasteiger partial charge in [0.1, 0.15) is 0 Å². The topological polar surface area (TPSA) is 72.6 Å². The third-order valence-electron chi connectivity index (χ3n) is 3.03. The van der Waals surface area contributed by atoms with Gasteiger partial charge in [0.05, 0.1) is 24.2 Å². The van der Waals surface area contributed by atoms with Crippen molar-refractivity contribution in [3.8, 4) is 11.8 Å². The third-order valence-corrected chi connectivity index (χ3v) is 4.91. The molecule has 1 atom stereocenters. The molecule has 0 aliphatic carbocycles. The van der Waals surface area contributed by atoms with Crippen LogP contribution in [0.15, 0.2) is 29.2 Å². The summed E-state index contributed by atoms with van der Waals surface area (Å²) < 4.78 is 31.8. The lowest BCUT2D eigenvalue weighted by Gasteiger charge is -2.30. The fourth-order valence-electron chi connectivity index (χ4n) is 2.02. The molecule has 5 nitrogen and oxygen atoms in total. The van der Waals surface area contributed by atoms with Crippen LogP contribution in [-0.4, -0.2) is 45.1 Å². The van der Waals surface area contributed by atoms with Gasteiger partial charge in [0.25, 0.3) is 0 Å². The van der Waals surface area contributed by atoms with Crippen LogP contribution in [-0.2, 0) is 14.8 Å². The summed E-state index contributed by atoms with van der Waals surface area (Å²) in [5, 5.41) is 0. The van der Waals surface area contributed by atoms with E-state index in [0.717, 1.165) is 5.56 Å². The number of ether oxygens (including phenoxy) is 1. The van der Waals surface area contributed by atoms with Crippen molar-refractivity contribution in [3.63, 3.8) is 0 Å². The van der Waals surface area contributed by atoms with Gasteiger partial charge in [-0.05, 0) is 31.2 Å². The van der Waals surface area contributed by atoms with E-state index in [1.54, 1.807) is 24.3 Å². The predicted molar refractivity (Wildman–Crippen MR) is 76.5 cm³/mol. The molecule has 108 valence electrons. The third kappa shape index (κ3) is 3.38. The van der Waals surface area contributed by atoms with Crippen LogP contribution in [0.1, 0.15) is 12.5 Å². The minimum atomic E-state index is -3.45. The zero-order chi connectivity index (χ0) is 14.6. The van der Waals surface area contributed by atoms with Crippen molar-refractivity contribution in [2.24, 2.45) is 5.73 Å². The van der Waals surface area contributed by atoms with E-state index in [1.807, 2.05) is 6.92 Å². The lowest BCUT2D eigenvalue weighted by Crippen LogP contribution is -2.44. The summed E-state index contributed by atoms with van der Waals surface area (Å²) in [4.78, 5) is 0.282. The van der Waals surface area contributed by atoms with Gasteiger partial charge >= 0.3 is 0 Å². The normalized spacial score (nSPS) is 20.2. The number of sulfonamides is 1. The number of hydrogen-bond acceptors (Lipinski definition) is 4. The van der Waals surface area contributed by atoms with E-state index < -0.39 is 10.0 Å². The van der Waals surface area contributed by atoms with Gasteiger partial charge in [-0.1, -0.05) is 11.8 Å². The summed E-state index contributed by atoms with van der Waals surface area (Å²) in [5.41, 5.74) is 6.05. The number of rotatable bonds is 2. The number of morpholine rings is 1. The van der Waals surface area contributed by atoms with Gasteiger partial charge in [-0.3, -0.25) is 0 Å². The molecular weight excluding hydrogens is 276 g/mol. The number of nitrogens with two attached hydrogens (primary N) is 1. The smallest absolute Gasteiger partial charge is 0.243 e. The summed E-state index contributed by atoms with van der Waals surface area (Å²) >= 11 is 0. The highest BCUT2D eigenvalue weighted by atomic mass is 32.2. The molecular formula is C14H18N2O3S. The van der Waals surface area contributed by atoms with Crippen LogP contribution in [0.25, 0.3) is 0 Å². The number of nitrogens with zero attached hydrogens (tertiary/aromatic N) is 1. The zero-order valence-corrected chi connectivity index (χ0v) is 12.2. The van der Waals surface area contributed by atoms with Crippen LogP contribution in [0.2, 0.25) is 0 Å². The van der Waals surface area contributed by atoms with Gasteiger partial charge in [-0.2, -0.15) is 4.31 Å². The first-order chi connectivity index (χ1) is 9.54. The van der Waals surface area contributed by atoms with Gasteiger partial charge in [-0.25, -0.2) is 8.42 Å². The average molecular weight is 294 g/mol. The minimum Gasteiger partial charge on any atom is -0.376 e. The molecule has 1 aliphatic rings. The highest BCUT2D eigenvalue weighted by molar-refractivity contribution is 7.89. The molecule has 1 saturated heterocycles. The molecule has 20 heavy (non-hydrogen) atoms. The predicted octanol–water partition coefficient (Wildman–Crippen LogP) is 0.406. The summed E-state index contributed by atoms with van der Waals surface area (Å²) in [5.74, 6) is 5.60. The Balaban J connectivity index is 2.21. The van der Waals surface area contributed by atoms with Gasteiger partial charge in [0.15, 0.2) is 0 Å². The number of benzene rings is 1. The van der Waals surface area contributed by atoms with Crippen molar-refractivity contribution in [3.05, 3.63) is 29.8 Å². The molecule has 2 rings (SSSR count). The quantitative estimate of drug-likeness (QED) is 0.802. The maximum absolute atomic E-state index is 12.5.